The molecule has 1 amide bonds. The van der Waals surface area contributed by atoms with Crippen LogP contribution in [-0.4, -0.2) is 29.7 Å². The minimum atomic E-state index is -0.124. The molecular weight excluding hydrogens is 252 g/mol. The highest BCUT2D eigenvalue weighted by atomic mass is 16.3. The van der Waals surface area contributed by atoms with E-state index in [4.69, 9.17) is 0 Å². The molecule has 4 nitrogen and oxygen atoms in total. The van der Waals surface area contributed by atoms with Crippen LogP contribution in [-0.2, 0) is 4.79 Å². The molecule has 0 radical (unpaired) electrons. The zero-order valence-corrected chi connectivity index (χ0v) is 11.7. The molecule has 3 rings (SSSR count). The van der Waals surface area contributed by atoms with Gasteiger partial charge in [-0.1, -0.05) is 6.07 Å². The summed E-state index contributed by atoms with van der Waals surface area (Å²) >= 11 is 0. The summed E-state index contributed by atoms with van der Waals surface area (Å²) < 4.78 is 0. The molecule has 1 aliphatic carbocycles. The van der Waals surface area contributed by atoms with E-state index in [1.807, 2.05) is 17.0 Å². The zero-order chi connectivity index (χ0) is 13.9. The number of aliphatic hydroxyl groups excluding tert-OH is 1. The van der Waals surface area contributed by atoms with Crippen LogP contribution in [0.1, 0.15) is 38.5 Å². The number of anilines is 2. The predicted molar refractivity (Wildman–Crippen MR) is 79.9 cm³/mol. The fourth-order valence-electron chi connectivity index (χ4n) is 3.14. The number of benzene rings is 1. The molecule has 0 unspecified atom stereocenters. The van der Waals surface area contributed by atoms with Gasteiger partial charge < -0.3 is 15.3 Å². The van der Waals surface area contributed by atoms with Crippen LogP contribution in [0.3, 0.4) is 0 Å². The molecule has 1 aromatic rings. The second kappa shape index (κ2) is 5.83. The monoisotopic (exact) mass is 274 g/mol. The third-order valence-corrected chi connectivity index (χ3v) is 4.30. The minimum Gasteiger partial charge on any atom is -0.393 e. The Hall–Kier alpha value is -1.55. The Labute approximate surface area is 119 Å². The smallest absolute Gasteiger partial charge is 0.227 e. The number of hydrogen-bond acceptors (Lipinski definition) is 3. The third kappa shape index (κ3) is 2.96. The van der Waals surface area contributed by atoms with E-state index in [0.29, 0.717) is 12.5 Å². The van der Waals surface area contributed by atoms with Gasteiger partial charge >= 0.3 is 0 Å². The van der Waals surface area contributed by atoms with Crippen LogP contribution in [0.2, 0.25) is 0 Å². The maximum atomic E-state index is 11.8. The number of carbonyl (C=O) groups excluding carboxylic acids is 1. The van der Waals surface area contributed by atoms with E-state index in [2.05, 4.69) is 17.4 Å². The van der Waals surface area contributed by atoms with Crippen molar-refractivity contribution in [2.45, 2.75) is 50.7 Å². The summed E-state index contributed by atoms with van der Waals surface area (Å²) in [6.07, 6.45) is 5.27. The largest absolute Gasteiger partial charge is 0.393 e. The topological polar surface area (TPSA) is 52.6 Å². The average Bonchev–Trinajstić information content (AvgIpc) is 2.88. The average molecular weight is 274 g/mol. The molecular formula is C16H22N2O2. The highest BCUT2D eigenvalue weighted by Crippen LogP contribution is 2.27. The minimum absolute atomic E-state index is 0.124. The van der Waals surface area contributed by atoms with Crippen molar-refractivity contribution < 1.29 is 9.90 Å². The van der Waals surface area contributed by atoms with Crippen molar-refractivity contribution in [1.29, 1.82) is 0 Å². The van der Waals surface area contributed by atoms with Crippen LogP contribution in [0.5, 0.6) is 0 Å². The summed E-state index contributed by atoms with van der Waals surface area (Å²) in [7, 11) is 0. The van der Waals surface area contributed by atoms with Crippen LogP contribution in [0.4, 0.5) is 11.4 Å². The molecule has 2 aliphatic rings. The number of carbonyl (C=O) groups is 1. The molecule has 1 saturated heterocycles. The second-order valence-electron chi connectivity index (χ2n) is 5.85. The van der Waals surface area contributed by atoms with Gasteiger partial charge in [-0.2, -0.15) is 0 Å². The molecule has 1 aromatic carbocycles. The predicted octanol–water partition coefficient (Wildman–Crippen LogP) is 2.53. The fraction of sp³-hybridized carbons (Fsp3) is 0.562. The van der Waals surface area contributed by atoms with Gasteiger partial charge in [0.15, 0.2) is 0 Å². The van der Waals surface area contributed by atoms with Crippen molar-refractivity contribution in [2.75, 3.05) is 16.8 Å². The van der Waals surface area contributed by atoms with Crippen LogP contribution in [0.25, 0.3) is 0 Å². The lowest BCUT2D eigenvalue weighted by Gasteiger charge is -2.27. The molecule has 1 saturated carbocycles. The van der Waals surface area contributed by atoms with Gasteiger partial charge in [0.25, 0.3) is 0 Å². The zero-order valence-electron chi connectivity index (χ0n) is 11.7. The molecule has 4 heteroatoms. The molecule has 2 fully saturated rings. The number of amides is 1. The Balaban J connectivity index is 1.66. The molecule has 20 heavy (non-hydrogen) atoms. The van der Waals surface area contributed by atoms with Gasteiger partial charge in [-0.3, -0.25) is 4.79 Å². The van der Waals surface area contributed by atoms with E-state index in [1.54, 1.807) is 0 Å². The summed E-state index contributed by atoms with van der Waals surface area (Å²) in [5.74, 6) is 0.225. The lowest BCUT2D eigenvalue weighted by molar-refractivity contribution is -0.117. The SMILES string of the molecule is O=C1CCCN1c1cccc(NC2CCC(O)CC2)c1. The molecule has 2 N–H and O–H groups in total. The van der Waals surface area contributed by atoms with Gasteiger partial charge in [0.2, 0.25) is 5.91 Å². The summed E-state index contributed by atoms with van der Waals surface area (Å²) in [5, 5.41) is 13.1. The van der Waals surface area contributed by atoms with Crippen LogP contribution >= 0.6 is 0 Å². The van der Waals surface area contributed by atoms with Gasteiger partial charge in [-0.05, 0) is 50.3 Å². The quantitative estimate of drug-likeness (QED) is 0.890. The van der Waals surface area contributed by atoms with Crippen LogP contribution in [0.15, 0.2) is 24.3 Å². The maximum absolute atomic E-state index is 11.8. The van der Waals surface area contributed by atoms with Crippen molar-refractivity contribution in [3.05, 3.63) is 24.3 Å². The number of hydrogen-bond donors (Lipinski definition) is 2. The molecule has 108 valence electrons. The normalized spacial score (nSPS) is 26.9. The first-order valence-electron chi connectivity index (χ1n) is 7.57. The van der Waals surface area contributed by atoms with Crippen molar-refractivity contribution in [2.24, 2.45) is 0 Å². The van der Waals surface area contributed by atoms with Gasteiger partial charge in [-0.15, -0.1) is 0 Å². The first-order chi connectivity index (χ1) is 9.72. The molecule has 0 atom stereocenters. The van der Waals surface area contributed by atoms with E-state index in [-0.39, 0.29) is 12.0 Å². The van der Waals surface area contributed by atoms with Gasteiger partial charge in [-0.25, -0.2) is 0 Å². The molecule has 1 aliphatic heterocycles. The van der Waals surface area contributed by atoms with Gasteiger partial charge in [0.1, 0.15) is 0 Å². The van der Waals surface area contributed by atoms with Crippen molar-refractivity contribution in [1.82, 2.24) is 0 Å². The van der Waals surface area contributed by atoms with Crippen molar-refractivity contribution >= 4 is 17.3 Å². The summed E-state index contributed by atoms with van der Waals surface area (Å²) in [4.78, 5) is 13.7. The summed E-state index contributed by atoms with van der Waals surface area (Å²) in [6, 6.07) is 8.55. The summed E-state index contributed by atoms with van der Waals surface area (Å²) in [5.41, 5.74) is 2.07. The number of rotatable bonds is 3. The number of nitrogens with zero attached hydrogens (tertiary/aromatic N) is 1. The van der Waals surface area contributed by atoms with Gasteiger partial charge in [0, 0.05) is 30.4 Å². The van der Waals surface area contributed by atoms with E-state index in [0.717, 1.165) is 50.0 Å². The maximum Gasteiger partial charge on any atom is 0.227 e. The molecule has 0 aromatic heterocycles. The fourth-order valence-corrected chi connectivity index (χ4v) is 3.14. The van der Waals surface area contributed by atoms with E-state index < -0.39 is 0 Å². The Kier molecular flexibility index (Phi) is 3.92. The Morgan fingerprint density at radius 3 is 2.70 bits per heavy atom. The van der Waals surface area contributed by atoms with Crippen LogP contribution < -0.4 is 10.2 Å². The Morgan fingerprint density at radius 2 is 2.00 bits per heavy atom. The Morgan fingerprint density at radius 1 is 1.20 bits per heavy atom. The molecule has 0 bridgehead atoms. The van der Waals surface area contributed by atoms with E-state index >= 15 is 0 Å². The third-order valence-electron chi connectivity index (χ3n) is 4.30. The van der Waals surface area contributed by atoms with E-state index in [9.17, 15) is 9.90 Å². The van der Waals surface area contributed by atoms with Gasteiger partial charge in [0.05, 0.1) is 6.10 Å². The molecule has 1 heterocycles. The first kappa shape index (κ1) is 13.4. The number of aliphatic hydroxyl groups is 1. The summed E-state index contributed by atoms with van der Waals surface area (Å²) in [6.45, 7) is 0.831. The van der Waals surface area contributed by atoms with E-state index in [1.165, 1.54) is 0 Å². The lowest BCUT2D eigenvalue weighted by atomic mass is 9.93. The second-order valence-corrected chi connectivity index (χ2v) is 5.85. The standard InChI is InChI=1S/C16H22N2O2/c19-15-8-6-12(7-9-15)17-13-3-1-4-14(11-13)18-10-2-5-16(18)20/h1,3-4,11-12,15,17,19H,2,5-10H2. The highest BCUT2D eigenvalue weighted by molar-refractivity contribution is 5.95. The van der Waals surface area contributed by atoms with Crippen LogP contribution in [0, 0.1) is 0 Å². The van der Waals surface area contributed by atoms with Crippen molar-refractivity contribution in [3.63, 3.8) is 0 Å². The Bertz CT molecular complexity index is 481. The van der Waals surface area contributed by atoms with Crippen molar-refractivity contribution in [3.8, 4) is 0 Å². The number of nitrogens with one attached hydrogen (secondary N) is 1. The first-order valence-corrected chi connectivity index (χ1v) is 7.57. The molecule has 0 spiro atoms. The highest BCUT2D eigenvalue weighted by Gasteiger charge is 2.22. The lowest BCUT2D eigenvalue weighted by Crippen LogP contribution is -2.28.